The van der Waals surface area contributed by atoms with Gasteiger partial charge in [0.15, 0.2) is 0 Å². The van der Waals surface area contributed by atoms with Gasteiger partial charge >= 0.3 is 7.12 Å². The number of piperidine rings is 1. The van der Waals surface area contributed by atoms with E-state index in [1.165, 1.54) is 12.8 Å². The highest BCUT2D eigenvalue weighted by Gasteiger charge is 2.24. The van der Waals surface area contributed by atoms with Crippen LogP contribution in [0.3, 0.4) is 0 Å². The van der Waals surface area contributed by atoms with E-state index in [4.69, 9.17) is 4.74 Å². The SMILES string of the molecule is COc1ccc(B(O)O)cc1CN1CC(C)CCC1C. The van der Waals surface area contributed by atoms with Gasteiger partial charge in [0.1, 0.15) is 5.75 Å². The van der Waals surface area contributed by atoms with Gasteiger partial charge in [0.05, 0.1) is 7.11 Å². The molecule has 20 heavy (non-hydrogen) atoms. The van der Waals surface area contributed by atoms with Gasteiger partial charge in [-0.15, -0.1) is 0 Å². The number of benzene rings is 1. The van der Waals surface area contributed by atoms with Crippen molar-refractivity contribution in [2.45, 2.75) is 39.3 Å². The van der Waals surface area contributed by atoms with Crippen molar-refractivity contribution in [1.29, 1.82) is 0 Å². The largest absolute Gasteiger partial charge is 0.496 e. The topological polar surface area (TPSA) is 52.9 Å². The van der Waals surface area contributed by atoms with E-state index in [1.54, 1.807) is 13.2 Å². The van der Waals surface area contributed by atoms with E-state index in [2.05, 4.69) is 18.7 Å². The molecule has 1 fully saturated rings. The minimum atomic E-state index is -1.43. The maximum atomic E-state index is 9.31. The molecule has 0 radical (unpaired) electrons. The van der Waals surface area contributed by atoms with Crippen molar-refractivity contribution in [1.82, 2.24) is 4.90 Å². The highest BCUT2D eigenvalue weighted by Crippen LogP contribution is 2.26. The number of ether oxygens (including phenoxy) is 1. The fraction of sp³-hybridized carbons (Fsp3) is 0.600. The smallest absolute Gasteiger partial charge is 0.488 e. The van der Waals surface area contributed by atoms with Crippen molar-refractivity contribution in [2.24, 2.45) is 5.92 Å². The third-order valence-corrected chi connectivity index (χ3v) is 4.22. The molecular weight excluding hydrogens is 253 g/mol. The van der Waals surface area contributed by atoms with Crippen LogP contribution in [0.1, 0.15) is 32.3 Å². The normalized spacial score (nSPS) is 23.6. The number of hydrogen-bond donors (Lipinski definition) is 2. The summed E-state index contributed by atoms with van der Waals surface area (Å²) in [5, 5.41) is 18.6. The second kappa shape index (κ2) is 6.61. The molecule has 1 aliphatic rings. The Morgan fingerprint density at radius 1 is 1.30 bits per heavy atom. The van der Waals surface area contributed by atoms with Gasteiger partial charge in [-0.05, 0) is 37.2 Å². The first-order valence-electron chi connectivity index (χ1n) is 7.28. The quantitative estimate of drug-likeness (QED) is 0.806. The van der Waals surface area contributed by atoms with Crippen LogP contribution >= 0.6 is 0 Å². The van der Waals surface area contributed by atoms with E-state index >= 15 is 0 Å². The van der Waals surface area contributed by atoms with Gasteiger partial charge in [0.2, 0.25) is 0 Å². The maximum absolute atomic E-state index is 9.31. The summed E-state index contributed by atoms with van der Waals surface area (Å²) in [7, 11) is 0.216. The molecule has 4 nitrogen and oxygen atoms in total. The van der Waals surface area contributed by atoms with Crippen molar-refractivity contribution in [2.75, 3.05) is 13.7 Å². The van der Waals surface area contributed by atoms with E-state index in [9.17, 15) is 10.0 Å². The summed E-state index contributed by atoms with van der Waals surface area (Å²) in [5.74, 6) is 1.52. The van der Waals surface area contributed by atoms with Crippen molar-refractivity contribution in [3.05, 3.63) is 23.8 Å². The Morgan fingerprint density at radius 2 is 2.05 bits per heavy atom. The second-order valence-corrected chi connectivity index (χ2v) is 5.91. The summed E-state index contributed by atoms with van der Waals surface area (Å²) in [4.78, 5) is 2.44. The van der Waals surface area contributed by atoms with Crippen LogP contribution in [0.5, 0.6) is 5.75 Å². The van der Waals surface area contributed by atoms with Gasteiger partial charge < -0.3 is 14.8 Å². The van der Waals surface area contributed by atoms with Crippen LogP contribution in [0.2, 0.25) is 0 Å². The molecule has 1 aliphatic heterocycles. The number of methoxy groups -OCH3 is 1. The lowest BCUT2D eigenvalue weighted by molar-refractivity contribution is 0.116. The van der Waals surface area contributed by atoms with Crippen molar-refractivity contribution in [3.63, 3.8) is 0 Å². The molecule has 5 heteroatoms. The molecule has 0 spiro atoms. The summed E-state index contributed by atoms with van der Waals surface area (Å²) < 4.78 is 5.39. The van der Waals surface area contributed by atoms with Crippen molar-refractivity contribution in [3.8, 4) is 5.75 Å². The lowest BCUT2D eigenvalue weighted by Crippen LogP contribution is -2.40. The molecule has 0 saturated carbocycles. The third-order valence-electron chi connectivity index (χ3n) is 4.22. The Balaban J connectivity index is 2.20. The van der Waals surface area contributed by atoms with Crippen LogP contribution in [-0.4, -0.2) is 41.8 Å². The molecular formula is C15H24BNO3. The Kier molecular flexibility index (Phi) is 5.08. The first kappa shape index (κ1) is 15.4. The van der Waals surface area contributed by atoms with E-state index in [0.717, 1.165) is 24.4 Å². The van der Waals surface area contributed by atoms with Crippen molar-refractivity contribution < 1.29 is 14.8 Å². The zero-order valence-electron chi connectivity index (χ0n) is 12.5. The molecule has 0 bridgehead atoms. The Morgan fingerprint density at radius 3 is 2.70 bits per heavy atom. The minimum Gasteiger partial charge on any atom is -0.496 e. The summed E-state index contributed by atoms with van der Waals surface area (Å²) in [6, 6.07) is 5.88. The van der Waals surface area contributed by atoms with Crippen LogP contribution in [0.25, 0.3) is 0 Å². The summed E-state index contributed by atoms with van der Waals surface area (Å²) in [5.41, 5.74) is 1.53. The molecule has 2 unspecified atom stereocenters. The highest BCUT2D eigenvalue weighted by molar-refractivity contribution is 6.58. The van der Waals surface area contributed by atoms with Crippen LogP contribution < -0.4 is 10.2 Å². The molecule has 0 aromatic heterocycles. The van der Waals surface area contributed by atoms with E-state index in [0.29, 0.717) is 17.4 Å². The zero-order valence-corrected chi connectivity index (χ0v) is 12.5. The Hall–Kier alpha value is -1.04. The van der Waals surface area contributed by atoms with Gasteiger partial charge in [-0.1, -0.05) is 19.1 Å². The van der Waals surface area contributed by atoms with Gasteiger partial charge in [-0.3, -0.25) is 4.90 Å². The van der Waals surface area contributed by atoms with Crippen LogP contribution in [-0.2, 0) is 6.54 Å². The molecule has 1 saturated heterocycles. The molecule has 0 aliphatic carbocycles. The zero-order chi connectivity index (χ0) is 14.7. The predicted molar refractivity (Wildman–Crippen MR) is 81.1 cm³/mol. The molecule has 110 valence electrons. The van der Waals surface area contributed by atoms with Gasteiger partial charge in [-0.25, -0.2) is 0 Å². The van der Waals surface area contributed by atoms with Gasteiger partial charge in [0, 0.05) is 24.7 Å². The molecule has 0 amide bonds. The number of hydrogen-bond acceptors (Lipinski definition) is 4. The van der Waals surface area contributed by atoms with E-state index < -0.39 is 7.12 Å². The van der Waals surface area contributed by atoms with E-state index in [1.807, 2.05) is 12.1 Å². The van der Waals surface area contributed by atoms with Crippen LogP contribution in [0.4, 0.5) is 0 Å². The average Bonchev–Trinajstić information content (AvgIpc) is 2.42. The fourth-order valence-corrected chi connectivity index (χ4v) is 2.90. The molecule has 2 rings (SSSR count). The average molecular weight is 277 g/mol. The fourth-order valence-electron chi connectivity index (χ4n) is 2.90. The van der Waals surface area contributed by atoms with Crippen molar-refractivity contribution >= 4 is 12.6 Å². The second-order valence-electron chi connectivity index (χ2n) is 5.91. The monoisotopic (exact) mass is 277 g/mol. The van der Waals surface area contributed by atoms with Crippen LogP contribution in [0.15, 0.2) is 18.2 Å². The van der Waals surface area contributed by atoms with E-state index in [-0.39, 0.29) is 0 Å². The first-order chi connectivity index (χ1) is 9.51. The molecule has 1 aromatic carbocycles. The minimum absolute atomic E-state index is 0.513. The van der Waals surface area contributed by atoms with Gasteiger partial charge in [0.25, 0.3) is 0 Å². The Labute approximate surface area is 121 Å². The number of rotatable bonds is 4. The molecule has 2 atom stereocenters. The highest BCUT2D eigenvalue weighted by atomic mass is 16.5. The lowest BCUT2D eigenvalue weighted by Gasteiger charge is -2.37. The summed E-state index contributed by atoms with van der Waals surface area (Å²) in [6.45, 7) is 6.40. The Bertz CT molecular complexity index is 453. The number of nitrogens with zero attached hydrogens (tertiary/aromatic N) is 1. The summed E-state index contributed by atoms with van der Waals surface area (Å²) in [6.07, 6.45) is 2.50. The number of likely N-dealkylation sites (tertiary alicyclic amines) is 1. The van der Waals surface area contributed by atoms with Gasteiger partial charge in [-0.2, -0.15) is 0 Å². The molecule has 1 heterocycles. The molecule has 2 N–H and O–H groups in total. The summed E-state index contributed by atoms with van der Waals surface area (Å²) >= 11 is 0. The first-order valence-corrected chi connectivity index (χ1v) is 7.28. The predicted octanol–water partition coefficient (Wildman–Crippen LogP) is 0.995. The maximum Gasteiger partial charge on any atom is 0.488 e. The molecule has 1 aromatic rings. The third kappa shape index (κ3) is 3.54. The van der Waals surface area contributed by atoms with Crippen LogP contribution in [0, 0.1) is 5.92 Å². The lowest BCUT2D eigenvalue weighted by atomic mass is 9.79. The standard InChI is InChI=1S/C15H24BNO3/c1-11-4-5-12(2)17(9-11)10-13-8-14(16(18)19)6-7-15(13)20-3/h6-8,11-12,18-19H,4-5,9-10H2,1-3H3.